The first-order chi connectivity index (χ1) is 15.9. The Morgan fingerprint density at radius 2 is 1.76 bits per heavy atom. The quantitative estimate of drug-likeness (QED) is 0.306. The van der Waals surface area contributed by atoms with Crippen molar-refractivity contribution in [1.29, 1.82) is 0 Å². The van der Waals surface area contributed by atoms with E-state index in [0.717, 1.165) is 11.1 Å². The second-order valence-electron chi connectivity index (χ2n) is 7.08. The topological polar surface area (TPSA) is 89.0 Å². The summed E-state index contributed by atoms with van der Waals surface area (Å²) >= 11 is 0. The van der Waals surface area contributed by atoms with Gasteiger partial charge in [-0.25, -0.2) is 9.82 Å². The first kappa shape index (κ1) is 23.5. The van der Waals surface area contributed by atoms with Crippen LogP contribution < -0.4 is 20.2 Å². The smallest absolute Gasteiger partial charge is 0.329 e. The average Bonchev–Trinajstić information content (AvgIpc) is 2.80. The van der Waals surface area contributed by atoms with Gasteiger partial charge in [-0.05, 0) is 73.0 Å². The predicted molar refractivity (Wildman–Crippen MR) is 124 cm³/mol. The van der Waals surface area contributed by atoms with E-state index in [-0.39, 0.29) is 12.4 Å². The lowest BCUT2D eigenvalue weighted by atomic mass is 10.2. The summed E-state index contributed by atoms with van der Waals surface area (Å²) in [5.41, 5.74) is 5.13. The Morgan fingerprint density at radius 3 is 2.48 bits per heavy atom. The number of carbonyl (C=O) groups excluding carboxylic acids is 2. The number of hydrogen-bond acceptors (Lipinski definition) is 5. The maximum atomic E-state index is 13.0. The van der Waals surface area contributed by atoms with Crippen molar-refractivity contribution in [2.75, 3.05) is 11.9 Å². The molecule has 3 rings (SSSR count). The number of amides is 2. The van der Waals surface area contributed by atoms with E-state index < -0.39 is 11.8 Å². The van der Waals surface area contributed by atoms with Gasteiger partial charge in [0, 0.05) is 5.69 Å². The Kier molecular flexibility index (Phi) is 8.13. The SMILES string of the molecule is CCOc1cc(/C=N\NC(=O)C(=O)Nc2cccc(C)c2)ccc1OCc1ccc(F)cc1. The first-order valence-electron chi connectivity index (χ1n) is 10.3. The van der Waals surface area contributed by atoms with Gasteiger partial charge in [0.05, 0.1) is 12.8 Å². The molecule has 0 aromatic heterocycles. The molecule has 3 aromatic rings. The normalized spacial score (nSPS) is 10.6. The van der Waals surface area contributed by atoms with Gasteiger partial charge in [0.2, 0.25) is 0 Å². The summed E-state index contributed by atoms with van der Waals surface area (Å²) in [6.45, 7) is 4.40. The lowest BCUT2D eigenvalue weighted by molar-refractivity contribution is -0.136. The van der Waals surface area contributed by atoms with Crippen LogP contribution in [0.25, 0.3) is 0 Å². The number of hydrogen-bond donors (Lipinski definition) is 2. The molecule has 0 unspecified atom stereocenters. The zero-order valence-corrected chi connectivity index (χ0v) is 18.3. The van der Waals surface area contributed by atoms with E-state index in [1.807, 2.05) is 19.9 Å². The van der Waals surface area contributed by atoms with E-state index in [1.54, 1.807) is 48.5 Å². The maximum Gasteiger partial charge on any atom is 0.329 e. The first-order valence-corrected chi connectivity index (χ1v) is 10.3. The van der Waals surface area contributed by atoms with Gasteiger partial charge in [-0.15, -0.1) is 0 Å². The van der Waals surface area contributed by atoms with Gasteiger partial charge in [-0.2, -0.15) is 5.10 Å². The second kappa shape index (κ2) is 11.4. The number of aryl methyl sites for hydroxylation is 1. The number of anilines is 1. The van der Waals surface area contributed by atoms with Crippen LogP contribution in [0.2, 0.25) is 0 Å². The molecule has 7 nitrogen and oxygen atoms in total. The van der Waals surface area contributed by atoms with Crippen LogP contribution in [0.15, 0.2) is 71.8 Å². The molecule has 0 fully saturated rings. The van der Waals surface area contributed by atoms with Gasteiger partial charge in [0.25, 0.3) is 0 Å². The van der Waals surface area contributed by atoms with Crippen LogP contribution in [0.4, 0.5) is 10.1 Å². The third-order valence-electron chi connectivity index (χ3n) is 4.44. The number of benzene rings is 3. The molecule has 3 aromatic carbocycles. The average molecular weight is 449 g/mol. The third kappa shape index (κ3) is 7.17. The summed E-state index contributed by atoms with van der Waals surface area (Å²) in [4.78, 5) is 24.0. The van der Waals surface area contributed by atoms with Crippen LogP contribution in [0.5, 0.6) is 11.5 Å². The highest BCUT2D eigenvalue weighted by molar-refractivity contribution is 6.39. The van der Waals surface area contributed by atoms with Crippen LogP contribution in [-0.2, 0) is 16.2 Å². The van der Waals surface area contributed by atoms with Crippen LogP contribution in [0, 0.1) is 12.7 Å². The van der Waals surface area contributed by atoms with Gasteiger partial charge in [-0.1, -0.05) is 24.3 Å². The molecule has 0 aliphatic carbocycles. The molecule has 0 atom stereocenters. The van der Waals surface area contributed by atoms with E-state index in [0.29, 0.717) is 29.4 Å². The number of nitrogens with one attached hydrogen (secondary N) is 2. The zero-order valence-electron chi connectivity index (χ0n) is 18.3. The van der Waals surface area contributed by atoms with Crippen LogP contribution in [-0.4, -0.2) is 24.6 Å². The van der Waals surface area contributed by atoms with Crippen LogP contribution in [0.3, 0.4) is 0 Å². The monoisotopic (exact) mass is 449 g/mol. The van der Waals surface area contributed by atoms with Crippen LogP contribution >= 0.6 is 0 Å². The Morgan fingerprint density at radius 1 is 0.970 bits per heavy atom. The number of nitrogens with zero attached hydrogens (tertiary/aromatic N) is 1. The number of rotatable bonds is 8. The minimum absolute atomic E-state index is 0.250. The fraction of sp³-hybridized carbons (Fsp3) is 0.160. The Labute approximate surface area is 191 Å². The predicted octanol–water partition coefficient (Wildman–Crippen LogP) is 4.20. The molecule has 0 saturated carbocycles. The van der Waals surface area contributed by atoms with Crippen molar-refractivity contribution >= 4 is 23.7 Å². The van der Waals surface area contributed by atoms with Gasteiger partial charge in [-0.3, -0.25) is 9.59 Å². The summed E-state index contributed by atoms with van der Waals surface area (Å²) in [5.74, 6) is -1.02. The summed E-state index contributed by atoms with van der Waals surface area (Å²) in [7, 11) is 0. The summed E-state index contributed by atoms with van der Waals surface area (Å²) in [6, 6.07) is 18.3. The van der Waals surface area contributed by atoms with E-state index >= 15 is 0 Å². The lowest BCUT2D eigenvalue weighted by Gasteiger charge is -2.12. The highest BCUT2D eigenvalue weighted by Gasteiger charge is 2.13. The van der Waals surface area contributed by atoms with Crippen LogP contribution in [0.1, 0.15) is 23.6 Å². The van der Waals surface area contributed by atoms with Crippen molar-refractivity contribution in [3.8, 4) is 11.5 Å². The summed E-state index contributed by atoms with van der Waals surface area (Å²) in [6.07, 6.45) is 1.39. The van der Waals surface area contributed by atoms with Crippen molar-refractivity contribution in [2.24, 2.45) is 5.10 Å². The molecule has 0 aliphatic heterocycles. The lowest BCUT2D eigenvalue weighted by Crippen LogP contribution is -2.32. The van der Waals surface area contributed by atoms with Crippen molar-refractivity contribution in [3.63, 3.8) is 0 Å². The fourth-order valence-corrected chi connectivity index (χ4v) is 2.86. The molecular weight excluding hydrogens is 425 g/mol. The number of hydrazone groups is 1. The van der Waals surface area contributed by atoms with Crippen molar-refractivity contribution in [2.45, 2.75) is 20.5 Å². The molecule has 0 aliphatic rings. The third-order valence-corrected chi connectivity index (χ3v) is 4.44. The Bertz CT molecular complexity index is 1150. The second-order valence-corrected chi connectivity index (χ2v) is 7.08. The molecule has 0 spiro atoms. The largest absolute Gasteiger partial charge is 0.490 e. The number of carbonyl (C=O) groups is 2. The maximum absolute atomic E-state index is 13.0. The highest BCUT2D eigenvalue weighted by Crippen LogP contribution is 2.29. The molecule has 170 valence electrons. The van der Waals surface area contributed by atoms with Gasteiger partial charge in [0.1, 0.15) is 12.4 Å². The molecule has 0 radical (unpaired) electrons. The van der Waals surface area contributed by atoms with E-state index in [4.69, 9.17) is 9.47 Å². The molecule has 2 N–H and O–H groups in total. The van der Waals surface area contributed by atoms with Gasteiger partial charge < -0.3 is 14.8 Å². The molecule has 2 amide bonds. The molecule has 0 saturated heterocycles. The fourth-order valence-electron chi connectivity index (χ4n) is 2.86. The molecule has 8 heteroatoms. The summed E-state index contributed by atoms with van der Waals surface area (Å²) in [5, 5.41) is 6.35. The van der Waals surface area contributed by atoms with Gasteiger partial charge >= 0.3 is 11.8 Å². The molecule has 33 heavy (non-hydrogen) atoms. The molecule has 0 heterocycles. The summed E-state index contributed by atoms with van der Waals surface area (Å²) < 4.78 is 24.5. The highest BCUT2D eigenvalue weighted by atomic mass is 19.1. The zero-order chi connectivity index (χ0) is 23.6. The number of halogens is 1. The minimum Gasteiger partial charge on any atom is -0.490 e. The van der Waals surface area contributed by atoms with Crippen molar-refractivity contribution in [3.05, 3.63) is 89.2 Å². The van der Waals surface area contributed by atoms with Gasteiger partial charge in [0.15, 0.2) is 11.5 Å². The van der Waals surface area contributed by atoms with E-state index in [1.165, 1.54) is 18.3 Å². The molecular formula is C25H24FN3O4. The number of ether oxygens (including phenoxy) is 2. The van der Waals surface area contributed by atoms with E-state index in [9.17, 15) is 14.0 Å². The molecule has 0 bridgehead atoms. The Balaban J connectivity index is 1.59. The minimum atomic E-state index is -0.892. The van der Waals surface area contributed by atoms with Crippen molar-refractivity contribution in [1.82, 2.24) is 5.43 Å². The van der Waals surface area contributed by atoms with Crippen molar-refractivity contribution < 1.29 is 23.5 Å². The standard InChI is InChI=1S/C25H24FN3O4/c1-3-32-23-14-19(9-12-22(23)33-16-18-7-10-20(26)11-8-18)15-27-29-25(31)24(30)28-21-6-4-5-17(2)13-21/h4-15H,3,16H2,1-2H3,(H,28,30)(H,29,31)/b27-15-. The van der Waals surface area contributed by atoms with E-state index in [2.05, 4.69) is 15.8 Å². The Hall–Kier alpha value is -4.20.